The van der Waals surface area contributed by atoms with E-state index in [2.05, 4.69) is 60.4 Å². The van der Waals surface area contributed by atoms with Crippen molar-refractivity contribution in [3.63, 3.8) is 0 Å². The molecule has 0 bridgehead atoms. The second kappa shape index (κ2) is 8.57. The van der Waals surface area contributed by atoms with Gasteiger partial charge < -0.3 is 10.2 Å². The van der Waals surface area contributed by atoms with Gasteiger partial charge in [0.25, 0.3) is 5.91 Å². The van der Waals surface area contributed by atoms with Crippen molar-refractivity contribution in [3.8, 4) is 0 Å². The first-order valence-electron chi connectivity index (χ1n) is 9.82. The third-order valence-corrected chi connectivity index (χ3v) is 5.60. The molecular formula is C23H31N3O. The fraction of sp³-hybridized carbons (Fsp3) is 0.435. The van der Waals surface area contributed by atoms with Gasteiger partial charge in [0.1, 0.15) is 0 Å². The lowest BCUT2D eigenvalue weighted by Crippen LogP contribution is -2.36. The maximum absolute atomic E-state index is 12.7. The summed E-state index contributed by atoms with van der Waals surface area (Å²) < 4.78 is 0. The molecule has 144 valence electrons. The van der Waals surface area contributed by atoms with Crippen molar-refractivity contribution in [2.45, 2.75) is 32.7 Å². The number of anilines is 1. The van der Waals surface area contributed by atoms with Gasteiger partial charge in [-0.15, -0.1) is 0 Å². The molecule has 4 heteroatoms. The van der Waals surface area contributed by atoms with Gasteiger partial charge in [-0.2, -0.15) is 0 Å². The Hall–Kier alpha value is -2.33. The van der Waals surface area contributed by atoms with Crippen molar-refractivity contribution in [3.05, 3.63) is 64.7 Å². The minimum Gasteiger partial charge on any atom is -0.378 e. The molecular weight excluding hydrogens is 334 g/mol. The summed E-state index contributed by atoms with van der Waals surface area (Å²) in [6.45, 7) is 6.94. The summed E-state index contributed by atoms with van der Waals surface area (Å²) >= 11 is 0. The van der Waals surface area contributed by atoms with Gasteiger partial charge in [-0.05, 0) is 80.7 Å². The van der Waals surface area contributed by atoms with Crippen LogP contribution in [0.2, 0.25) is 0 Å². The number of hydrogen-bond acceptors (Lipinski definition) is 3. The van der Waals surface area contributed by atoms with E-state index < -0.39 is 0 Å². The molecule has 1 fully saturated rings. The van der Waals surface area contributed by atoms with Crippen molar-refractivity contribution in [2.24, 2.45) is 0 Å². The molecule has 0 saturated carbocycles. The van der Waals surface area contributed by atoms with Crippen LogP contribution in [0.25, 0.3) is 0 Å². The second-order valence-corrected chi connectivity index (χ2v) is 7.75. The summed E-state index contributed by atoms with van der Waals surface area (Å²) in [5.41, 5.74) is 5.56. The van der Waals surface area contributed by atoms with Gasteiger partial charge in [0, 0.05) is 31.9 Å². The lowest BCUT2D eigenvalue weighted by atomic mass is 10.0. The fourth-order valence-corrected chi connectivity index (χ4v) is 3.68. The zero-order chi connectivity index (χ0) is 19.4. The highest BCUT2D eigenvalue weighted by Crippen LogP contribution is 2.26. The fourth-order valence-electron chi connectivity index (χ4n) is 3.68. The summed E-state index contributed by atoms with van der Waals surface area (Å²) in [4.78, 5) is 17.3. The number of carbonyl (C=O) groups is 1. The second-order valence-electron chi connectivity index (χ2n) is 7.75. The van der Waals surface area contributed by atoms with E-state index >= 15 is 0 Å². The van der Waals surface area contributed by atoms with E-state index in [0.717, 1.165) is 24.2 Å². The molecule has 0 radical (unpaired) electrons. The third kappa shape index (κ3) is 4.69. The molecule has 1 aliphatic rings. The maximum atomic E-state index is 12.7. The number of amides is 1. The Labute approximate surface area is 163 Å². The van der Waals surface area contributed by atoms with Crippen LogP contribution in [0.1, 0.15) is 45.9 Å². The summed E-state index contributed by atoms with van der Waals surface area (Å²) in [7, 11) is 4.10. The Morgan fingerprint density at radius 1 is 1.04 bits per heavy atom. The van der Waals surface area contributed by atoms with Crippen molar-refractivity contribution in [2.75, 3.05) is 38.6 Å². The van der Waals surface area contributed by atoms with Crippen LogP contribution in [0, 0.1) is 13.8 Å². The predicted octanol–water partition coefficient (Wildman–Crippen LogP) is 3.94. The highest BCUT2D eigenvalue weighted by atomic mass is 16.1. The molecule has 1 aliphatic heterocycles. The highest BCUT2D eigenvalue weighted by molar-refractivity contribution is 5.94. The van der Waals surface area contributed by atoms with Crippen LogP contribution in [-0.4, -0.2) is 44.5 Å². The van der Waals surface area contributed by atoms with E-state index in [-0.39, 0.29) is 11.9 Å². The van der Waals surface area contributed by atoms with Gasteiger partial charge in [-0.25, -0.2) is 0 Å². The van der Waals surface area contributed by atoms with Crippen LogP contribution in [0.5, 0.6) is 0 Å². The molecule has 1 atom stereocenters. The molecule has 1 heterocycles. The lowest BCUT2D eigenvalue weighted by molar-refractivity contribution is 0.0938. The lowest BCUT2D eigenvalue weighted by Gasteiger charge is -2.28. The zero-order valence-corrected chi connectivity index (χ0v) is 17.0. The van der Waals surface area contributed by atoms with E-state index in [0.29, 0.717) is 6.54 Å². The van der Waals surface area contributed by atoms with Crippen LogP contribution in [0.15, 0.2) is 42.5 Å². The topological polar surface area (TPSA) is 35.6 Å². The number of aryl methyl sites for hydroxylation is 2. The molecule has 1 N–H and O–H groups in total. The van der Waals surface area contributed by atoms with E-state index in [1.807, 2.05) is 25.1 Å². The van der Waals surface area contributed by atoms with Crippen molar-refractivity contribution in [1.82, 2.24) is 10.2 Å². The number of nitrogens with one attached hydrogen (secondary N) is 1. The molecule has 2 aromatic carbocycles. The zero-order valence-electron chi connectivity index (χ0n) is 17.0. The van der Waals surface area contributed by atoms with Crippen LogP contribution >= 0.6 is 0 Å². The van der Waals surface area contributed by atoms with Gasteiger partial charge in [0.05, 0.1) is 6.04 Å². The number of hydrogen-bond donors (Lipinski definition) is 1. The Balaban J connectivity index is 1.73. The molecule has 27 heavy (non-hydrogen) atoms. The first-order valence-corrected chi connectivity index (χ1v) is 9.82. The Morgan fingerprint density at radius 2 is 1.70 bits per heavy atom. The van der Waals surface area contributed by atoms with E-state index in [1.54, 1.807) is 0 Å². The first-order chi connectivity index (χ1) is 13.0. The van der Waals surface area contributed by atoms with Gasteiger partial charge in [-0.1, -0.05) is 18.2 Å². The standard InChI is InChI=1S/C23H31N3O/c1-17-7-8-20(15-18(17)2)23(27)24-16-22(26-13-5-6-14-26)19-9-11-21(12-10-19)25(3)4/h7-12,15,22H,5-6,13-14,16H2,1-4H3,(H,24,27). The molecule has 1 amide bonds. The van der Waals surface area contributed by atoms with Crippen molar-refractivity contribution in [1.29, 1.82) is 0 Å². The average molecular weight is 366 g/mol. The Kier molecular flexibility index (Phi) is 6.17. The van der Waals surface area contributed by atoms with Crippen LogP contribution < -0.4 is 10.2 Å². The Bertz CT molecular complexity index is 777. The summed E-state index contributed by atoms with van der Waals surface area (Å²) in [5, 5.41) is 3.17. The van der Waals surface area contributed by atoms with Gasteiger partial charge in [-0.3, -0.25) is 9.69 Å². The summed E-state index contributed by atoms with van der Waals surface area (Å²) in [6.07, 6.45) is 2.47. The van der Waals surface area contributed by atoms with E-state index in [9.17, 15) is 4.79 Å². The van der Waals surface area contributed by atoms with Crippen LogP contribution in [-0.2, 0) is 0 Å². The van der Waals surface area contributed by atoms with Gasteiger partial charge >= 0.3 is 0 Å². The maximum Gasteiger partial charge on any atom is 0.251 e. The van der Waals surface area contributed by atoms with E-state index in [4.69, 9.17) is 0 Å². The molecule has 1 saturated heterocycles. The summed E-state index contributed by atoms with van der Waals surface area (Å²) in [6, 6.07) is 14.8. The van der Waals surface area contributed by atoms with Crippen LogP contribution in [0.3, 0.4) is 0 Å². The Morgan fingerprint density at radius 3 is 2.30 bits per heavy atom. The van der Waals surface area contributed by atoms with Gasteiger partial charge in [0.15, 0.2) is 0 Å². The van der Waals surface area contributed by atoms with E-state index in [1.165, 1.54) is 29.7 Å². The average Bonchev–Trinajstić information content (AvgIpc) is 3.19. The largest absolute Gasteiger partial charge is 0.378 e. The van der Waals surface area contributed by atoms with Crippen molar-refractivity contribution >= 4 is 11.6 Å². The minimum atomic E-state index is 0.00667. The van der Waals surface area contributed by atoms with Crippen molar-refractivity contribution < 1.29 is 4.79 Å². The number of nitrogens with zero attached hydrogens (tertiary/aromatic N) is 2. The minimum absolute atomic E-state index is 0.00667. The molecule has 0 aliphatic carbocycles. The number of likely N-dealkylation sites (tertiary alicyclic amines) is 1. The third-order valence-electron chi connectivity index (χ3n) is 5.60. The predicted molar refractivity (Wildman–Crippen MR) is 113 cm³/mol. The molecule has 0 spiro atoms. The normalized spacial score (nSPS) is 15.6. The first kappa shape index (κ1) is 19.4. The smallest absolute Gasteiger partial charge is 0.251 e. The summed E-state index contributed by atoms with van der Waals surface area (Å²) in [5.74, 6) is 0.00667. The van der Waals surface area contributed by atoms with Crippen LogP contribution in [0.4, 0.5) is 5.69 Å². The monoisotopic (exact) mass is 365 g/mol. The molecule has 3 rings (SSSR count). The molecule has 0 aromatic heterocycles. The quantitative estimate of drug-likeness (QED) is 0.842. The number of rotatable bonds is 6. The number of benzene rings is 2. The molecule has 4 nitrogen and oxygen atoms in total. The van der Waals surface area contributed by atoms with Gasteiger partial charge in [0.2, 0.25) is 0 Å². The SMILES string of the molecule is Cc1ccc(C(=O)NCC(c2ccc(N(C)C)cc2)N2CCCC2)cc1C. The molecule has 2 aromatic rings. The number of carbonyl (C=O) groups excluding carboxylic acids is 1. The highest BCUT2D eigenvalue weighted by Gasteiger charge is 2.24. The molecule has 1 unspecified atom stereocenters.